The number of hydrogen-bond acceptors (Lipinski definition) is 4. The fraction of sp³-hybridized carbons (Fsp3) is 0. The first-order chi connectivity index (χ1) is 24.8. The van der Waals surface area contributed by atoms with E-state index in [1.54, 1.807) is 0 Å². The minimum absolute atomic E-state index is 0.598. The summed E-state index contributed by atoms with van der Waals surface area (Å²) in [6, 6.07) is 58.5. The zero-order chi connectivity index (χ0) is 33.0. The van der Waals surface area contributed by atoms with Crippen LogP contribution in [0, 0.1) is 0 Å². The van der Waals surface area contributed by atoms with Crippen LogP contribution in [0.3, 0.4) is 0 Å². The summed E-state index contributed by atoms with van der Waals surface area (Å²) in [5, 5.41) is 4.52. The van der Waals surface area contributed by atoms with Gasteiger partial charge < -0.3 is 8.98 Å². The van der Waals surface area contributed by atoms with Gasteiger partial charge in [-0.15, -0.1) is 0 Å². The average Bonchev–Trinajstić information content (AvgIpc) is 3.72. The van der Waals surface area contributed by atoms with Crippen LogP contribution >= 0.6 is 0 Å². The molecule has 0 aliphatic heterocycles. The third-order valence-electron chi connectivity index (χ3n) is 9.46. The zero-order valence-electron chi connectivity index (χ0n) is 26.9. The van der Waals surface area contributed by atoms with Crippen molar-refractivity contribution in [2.75, 3.05) is 0 Å². The Balaban J connectivity index is 1.34. The maximum absolute atomic E-state index is 6.46. The van der Waals surface area contributed by atoms with Crippen molar-refractivity contribution in [2.24, 2.45) is 0 Å². The molecule has 0 fully saturated rings. The highest BCUT2D eigenvalue weighted by molar-refractivity contribution is 6.18. The summed E-state index contributed by atoms with van der Waals surface area (Å²) in [6.07, 6.45) is 0. The number of furan rings is 1. The van der Waals surface area contributed by atoms with Gasteiger partial charge in [0, 0.05) is 49.9 Å². The second kappa shape index (κ2) is 11.4. The van der Waals surface area contributed by atoms with Gasteiger partial charge in [0.2, 0.25) is 0 Å². The van der Waals surface area contributed by atoms with Crippen LogP contribution in [0.25, 0.3) is 94.7 Å². The molecule has 3 heterocycles. The predicted molar refractivity (Wildman–Crippen MR) is 203 cm³/mol. The van der Waals surface area contributed by atoms with Gasteiger partial charge >= 0.3 is 0 Å². The molecule has 0 saturated heterocycles. The molecule has 0 radical (unpaired) electrons. The van der Waals surface area contributed by atoms with Crippen LogP contribution in [0.2, 0.25) is 0 Å². The molecule has 3 aromatic heterocycles. The number of rotatable bonds is 5. The van der Waals surface area contributed by atoms with Crippen molar-refractivity contribution in [3.63, 3.8) is 0 Å². The van der Waals surface area contributed by atoms with Crippen molar-refractivity contribution in [3.8, 4) is 51.0 Å². The Kier molecular flexibility index (Phi) is 6.42. The molecule has 50 heavy (non-hydrogen) atoms. The largest absolute Gasteiger partial charge is 0.456 e. The molecule has 10 aromatic rings. The van der Waals surface area contributed by atoms with E-state index < -0.39 is 0 Å². The van der Waals surface area contributed by atoms with Gasteiger partial charge in [0.15, 0.2) is 17.5 Å². The van der Waals surface area contributed by atoms with Crippen LogP contribution in [0.1, 0.15) is 0 Å². The maximum atomic E-state index is 6.46. The minimum Gasteiger partial charge on any atom is -0.456 e. The van der Waals surface area contributed by atoms with Crippen LogP contribution in [0.15, 0.2) is 174 Å². The lowest BCUT2D eigenvalue weighted by Crippen LogP contribution is -2.05. The Morgan fingerprint density at radius 1 is 0.360 bits per heavy atom. The van der Waals surface area contributed by atoms with Crippen molar-refractivity contribution >= 4 is 43.7 Å². The third kappa shape index (κ3) is 4.52. The van der Waals surface area contributed by atoms with Crippen LogP contribution in [-0.4, -0.2) is 19.5 Å². The summed E-state index contributed by atoms with van der Waals surface area (Å²) in [4.78, 5) is 15.4. The van der Waals surface area contributed by atoms with Gasteiger partial charge in [-0.25, -0.2) is 15.0 Å². The van der Waals surface area contributed by atoms with E-state index in [4.69, 9.17) is 19.4 Å². The average molecular weight is 641 g/mol. The summed E-state index contributed by atoms with van der Waals surface area (Å²) in [5.74, 6) is 1.84. The van der Waals surface area contributed by atoms with Crippen LogP contribution < -0.4 is 0 Å². The molecule has 0 spiro atoms. The van der Waals surface area contributed by atoms with E-state index >= 15 is 0 Å². The highest BCUT2D eigenvalue weighted by atomic mass is 16.3. The van der Waals surface area contributed by atoms with Crippen LogP contribution in [0.5, 0.6) is 0 Å². The highest BCUT2D eigenvalue weighted by Crippen LogP contribution is 2.43. The van der Waals surface area contributed by atoms with E-state index in [0.717, 1.165) is 77.2 Å². The Morgan fingerprint density at radius 3 is 1.62 bits per heavy atom. The number of aromatic nitrogens is 4. The van der Waals surface area contributed by atoms with Gasteiger partial charge in [-0.2, -0.15) is 0 Å². The number of para-hydroxylation sites is 3. The number of hydrogen-bond donors (Lipinski definition) is 0. The number of nitrogens with zero attached hydrogens (tertiary/aromatic N) is 4. The Morgan fingerprint density at radius 2 is 0.920 bits per heavy atom. The molecule has 0 atom stereocenters. The Hall–Kier alpha value is -6.85. The molecule has 0 bridgehead atoms. The molecule has 234 valence electrons. The van der Waals surface area contributed by atoms with Crippen molar-refractivity contribution in [1.29, 1.82) is 0 Å². The third-order valence-corrected chi connectivity index (χ3v) is 9.46. The molecular weight excluding hydrogens is 613 g/mol. The maximum Gasteiger partial charge on any atom is 0.166 e. The van der Waals surface area contributed by atoms with Crippen LogP contribution in [-0.2, 0) is 0 Å². The summed E-state index contributed by atoms with van der Waals surface area (Å²) in [5.41, 5.74) is 9.77. The standard InChI is InChI=1S/C45H28N4O/c1-4-15-29(16-5-1)32-23-14-24-35(45-47-43(30-17-6-2-7-18-30)46-44(48-45)31-19-8-3-9-20-31)42(32)49-38-25-12-10-21-33(38)36-27-37-34-22-11-13-26-40(34)50-41(37)28-39(36)49/h1-28H. The smallest absolute Gasteiger partial charge is 0.166 e. The molecule has 0 amide bonds. The van der Waals surface area contributed by atoms with Gasteiger partial charge in [-0.1, -0.05) is 140 Å². The quantitative estimate of drug-likeness (QED) is 0.188. The fourth-order valence-electron chi connectivity index (χ4n) is 7.17. The van der Waals surface area contributed by atoms with Gasteiger partial charge in [-0.05, 0) is 29.8 Å². The van der Waals surface area contributed by atoms with E-state index in [1.807, 2.05) is 72.8 Å². The van der Waals surface area contributed by atoms with Crippen molar-refractivity contribution in [1.82, 2.24) is 19.5 Å². The molecule has 5 nitrogen and oxygen atoms in total. The molecule has 5 heteroatoms. The molecule has 0 aliphatic rings. The predicted octanol–water partition coefficient (Wildman–Crippen LogP) is 11.5. The molecule has 0 N–H and O–H groups in total. The van der Waals surface area contributed by atoms with Gasteiger partial charge in [0.25, 0.3) is 0 Å². The van der Waals surface area contributed by atoms with Crippen molar-refractivity contribution in [3.05, 3.63) is 170 Å². The molecule has 0 aliphatic carbocycles. The molecule has 7 aromatic carbocycles. The Bertz CT molecular complexity index is 2800. The highest BCUT2D eigenvalue weighted by Gasteiger charge is 2.23. The second-order valence-electron chi connectivity index (χ2n) is 12.4. The number of fused-ring (bicyclic) bond motifs is 6. The van der Waals surface area contributed by atoms with E-state index in [-0.39, 0.29) is 0 Å². The van der Waals surface area contributed by atoms with E-state index in [9.17, 15) is 0 Å². The first-order valence-electron chi connectivity index (χ1n) is 16.7. The van der Waals surface area contributed by atoms with Crippen molar-refractivity contribution in [2.45, 2.75) is 0 Å². The fourth-order valence-corrected chi connectivity index (χ4v) is 7.17. The summed E-state index contributed by atoms with van der Waals surface area (Å²) in [6.45, 7) is 0. The van der Waals surface area contributed by atoms with E-state index in [2.05, 4.69) is 102 Å². The second-order valence-corrected chi connectivity index (χ2v) is 12.4. The lowest BCUT2D eigenvalue weighted by molar-refractivity contribution is 0.669. The van der Waals surface area contributed by atoms with Gasteiger partial charge in [0.05, 0.1) is 16.7 Å². The van der Waals surface area contributed by atoms with Gasteiger partial charge in [-0.3, -0.25) is 0 Å². The summed E-state index contributed by atoms with van der Waals surface area (Å²) < 4.78 is 8.82. The SMILES string of the molecule is c1ccc(-c2nc(-c3ccccc3)nc(-c3cccc(-c4ccccc4)c3-n3c4ccccc4c4cc5c(cc43)oc3ccccc35)n2)cc1. The van der Waals surface area contributed by atoms with Gasteiger partial charge in [0.1, 0.15) is 11.2 Å². The van der Waals surface area contributed by atoms with E-state index in [1.165, 1.54) is 0 Å². The molecule has 0 saturated carbocycles. The molecule has 10 rings (SSSR count). The number of benzene rings is 7. The first kappa shape index (κ1) is 28.2. The molecule has 0 unspecified atom stereocenters. The lowest BCUT2D eigenvalue weighted by atomic mass is 9.98. The van der Waals surface area contributed by atoms with Crippen LogP contribution in [0.4, 0.5) is 0 Å². The molecular formula is C45H28N4O. The monoisotopic (exact) mass is 640 g/mol. The topological polar surface area (TPSA) is 56.7 Å². The summed E-state index contributed by atoms with van der Waals surface area (Å²) in [7, 11) is 0. The Labute approximate surface area is 287 Å². The normalized spacial score (nSPS) is 11.6. The summed E-state index contributed by atoms with van der Waals surface area (Å²) >= 11 is 0. The minimum atomic E-state index is 0.598. The zero-order valence-corrected chi connectivity index (χ0v) is 26.9. The van der Waals surface area contributed by atoms with Crippen molar-refractivity contribution < 1.29 is 4.42 Å². The lowest BCUT2D eigenvalue weighted by Gasteiger charge is -2.19. The first-order valence-corrected chi connectivity index (χ1v) is 16.7. The van der Waals surface area contributed by atoms with E-state index in [0.29, 0.717) is 17.5 Å².